The van der Waals surface area contributed by atoms with E-state index < -0.39 is 5.60 Å². The maximum Gasteiger partial charge on any atom is 0.410 e. The van der Waals surface area contributed by atoms with E-state index in [1.54, 1.807) is 11.0 Å². The number of carbonyl (C=O) groups is 1. The second kappa shape index (κ2) is 7.58. The Balaban J connectivity index is 1.61. The fourth-order valence-corrected chi connectivity index (χ4v) is 3.95. The van der Waals surface area contributed by atoms with Gasteiger partial charge in [-0.15, -0.1) is 5.10 Å². The highest BCUT2D eigenvalue weighted by molar-refractivity contribution is 5.68. The molecule has 31 heavy (non-hydrogen) atoms. The van der Waals surface area contributed by atoms with Crippen LogP contribution in [0.5, 0.6) is 0 Å². The van der Waals surface area contributed by atoms with Crippen LogP contribution in [0.1, 0.15) is 51.0 Å². The van der Waals surface area contributed by atoms with Gasteiger partial charge in [-0.05, 0) is 46.6 Å². The van der Waals surface area contributed by atoms with E-state index >= 15 is 0 Å². The Labute approximate surface area is 179 Å². The van der Waals surface area contributed by atoms with Crippen molar-refractivity contribution in [1.29, 1.82) is 5.26 Å². The fraction of sp³-hybridized carbons (Fsp3) is 0.476. The van der Waals surface area contributed by atoms with E-state index in [9.17, 15) is 9.59 Å². The molecule has 1 N–H and O–H groups in total. The predicted molar refractivity (Wildman–Crippen MR) is 113 cm³/mol. The summed E-state index contributed by atoms with van der Waals surface area (Å²) in [6.45, 7) is 8.59. The number of nitrogens with zero attached hydrogens (tertiary/aromatic N) is 6. The van der Waals surface area contributed by atoms with Crippen molar-refractivity contribution in [2.75, 3.05) is 13.1 Å². The molecular weight excluding hydrogens is 398 g/mol. The Bertz CT molecular complexity index is 1240. The van der Waals surface area contributed by atoms with Crippen molar-refractivity contribution in [3.63, 3.8) is 0 Å². The molecule has 3 aromatic heterocycles. The van der Waals surface area contributed by atoms with Crippen LogP contribution < -0.4 is 5.56 Å². The normalized spacial score (nSPS) is 17.0. The number of hydrogen-bond donors (Lipinski definition) is 1. The summed E-state index contributed by atoms with van der Waals surface area (Å²) in [7, 11) is 0. The number of nitrogens with one attached hydrogen (secondary N) is 1. The number of carbonyl (C=O) groups excluding carboxylic acids is 1. The quantitative estimate of drug-likeness (QED) is 0.676. The van der Waals surface area contributed by atoms with Crippen LogP contribution in [0, 0.1) is 18.3 Å². The third kappa shape index (κ3) is 3.91. The largest absolute Gasteiger partial charge is 0.444 e. The van der Waals surface area contributed by atoms with Crippen LogP contribution in [0.25, 0.3) is 16.9 Å². The first-order chi connectivity index (χ1) is 14.7. The molecule has 1 aliphatic rings. The number of fused-ring (bicyclic) bond motifs is 1. The lowest BCUT2D eigenvalue weighted by molar-refractivity contribution is 0.0165. The van der Waals surface area contributed by atoms with Gasteiger partial charge in [-0.1, -0.05) is 5.21 Å². The zero-order valence-corrected chi connectivity index (χ0v) is 18.0. The van der Waals surface area contributed by atoms with Crippen molar-refractivity contribution in [3.8, 4) is 17.3 Å². The van der Waals surface area contributed by atoms with Crippen molar-refractivity contribution < 1.29 is 9.53 Å². The number of aromatic amines is 1. The van der Waals surface area contributed by atoms with Gasteiger partial charge < -0.3 is 14.6 Å². The van der Waals surface area contributed by atoms with Gasteiger partial charge >= 0.3 is 6.09 Å². The van der Waals surface area contributed by atoms with Crippen LogP contribution in [0.15, 0.2) is 23.1 Å². The van der Waals surface area contributed by atoms with Gasteiger partial charge in [0.15, 0.2) is 0 Å². The van der Waals surface area contributed by atoms with E-state index in [1.807, 2.05) is 38.4 Å². The van der Waals surface area contributed by atoms with Crippen molar-refractivity contribution in [2.24, 2.45) is 0 Å². The number of H-pyrrole nitrogens is 1. The van der Waals surface area contributed by atoms with Gasteiger partial charge in [0, 0.05) is 30.9 Å². The highest BCUT2D eigenvalue weighted by Crippen LogP contribution is 2.27. The molecule has 1 fully saturated rings. The molecule has 0 spiro atoms. The first-order valence-electron chi connectivity index (χ1n) is 10.2. The van der Waals surface area contributed by atoms with Gasteiger partial charge in [0.25, 0.3) is 5.56 Å². The topological polar surface area (TPSA) is 121 Å². The number of aromatic nitrogens is 5. The molecular formula is C21H25N7O3. The van der Waals surface area contributed by atoms with Gasteiger partial charge in [0.1, 0.15) is 28.7 Å². The summed E-state index contributed by atoms with van der Waals surface area (Å²) in [6, 6.07) is 5.20. The van der Waals surface area contributed by atoms with E-state index in [0.29, 0.717) is 30.0 Å². The lowest BCUT2D eigenvalue weighted by Crippen LogP contribution is -2.43. The first-order valence-corrected chi connectivity index (χ1v) is 10.2. The Morgan fingerprint density at radius 3 is 2.84 bits per heavy atom. The predicted octanol–water partition coefficient (Wildman–Crippen LogP) is 2.64. The SMILES string of the molecule is Cc1c(-c2cc(=O)n3c(C#N)c[nH]c3c2)nnn1C1CCCN(C(=O)OC(C)(C)C)C1. The van der Waals surface area contributed by atoms with E-state index in [0.717, 1.165) is 18.5 Å². The number of ether oxygens (including phenoxy) is 1. The van der Waals surface area contributed by atoms with Crippen molar-refractivity contribution in [3.05, 3.63) is 40.1 Å². The van der Waals surface area contributed by atoms with Gasteiger partial charge in [0.2, 0.25) is 0 Å². The summed E-state index contributed by atoms with van der Waals surface area (Å²) < 4.78 is 8.65. The van der Waals surface area contributed by atoms with Crippen LogP contribution in [-0.2, 0) is 4.74 Å². The van der Waals surface area contributed by atoms with Crippen molar-refractivity contribution in [1.82, 2.24) is 29.3 Å². The first kappa shape index (κ1) is 20.7. The number of pyridine rings is 1. The number of nitriles is 1. The Morgan fingerprint density at radius 2 is 2.13 bits per heavy atom. The molecule has 4 heterocycles. The van der Waals surface area contributed by atoms with Crippen LogP contribution in [0.2, 0.25) is 0 Å². The summed E-state index contributed by atoms with van der Waals surface area (Å²) >= 11 is 0. The van der Waals surface area contributed by atoms with Gasteiger partial charge in [-0.3, -0.25) is 9.20 Å². The third-order valence-electron chi connectivity index (χ3n) is 5.34. The van der Waals surface area contributed by atoms with Crippen molar-refractivity contribution in [2.45, 2.75) is 52.2 Å². The molecule has 4 rings (SSSR count). The van der Waals surface area contributed by atoms with Crippen molar-refractivity contribution >= 4 is 11.7 Å². The summed E-state index contributed by atoms with van der Waals surface area (Å²) in [4.78, 5) is 29.7. The summed E-state index contributed by atoms with van der Waals surface area (Å²) in [5.41, 5.74) is 1.94. The Morgan fingerprint density at radius 1 is 1.35 bits per heavy atom. The lowest BCUT2D eigenvalue weighted by Gasteiger charge is -2.34. The highest BCUT2D eigenvalue weighted by Gasteiger charge is 2.30. The zero-order chi connectivity index (χ0) is 22.3. The third-order valence-corrected chi connectivity index (χ3v) is 5.34. The number of likely N-dealkylation sites (tertiary alicyclic amines) is 1. The Kier molecular flexibility index (Phi) is 5.05. The van der Waals surface area contributed by atoms with Crippen LogP contribution in [0.3, 0.4) is 0 Å². The molecule has 1 unspecified atom stereocenters. The number of amides is 1. The molecule has 1 amide bonds. The molecule has 0 aliphatic carbocycles. The molecule has 10 heteroatoms. The lowest BCUT2D eigenvalue weighted by atomic mass is 10.1. The van der Waals surface area contributed by atoms with Crippen LogP contribution >= 0.6 is 0 Å². The molecule has 0 aromatic carbocycles. The number of imidazole rings is 1. The smallest absolute Gasteiger partial charge is 0.410 e. The molecule has 162 valence electrons. The fourth-order valence-electron chi connectivity index (χ4n) is 3.95. The minimum atomic E-state index is -0.545. The van der Waals surface area contributed by atoms with Gasteiger partial charge in [-0.25, -0.2) is 9.48 Å². The molecule has 3 aromatic rings. The van der Waals surface area contributed by atoms with E-state index in [1.165, 1.54) is 16.7 Å². The second-order valence-electron chi connectivity index (χ2n) is 8.78. The molecule has 1 atom stereocenters. The van der Waals surface area contributed by atoms with E-state index in [-0.39, 0.29) is 23.4 Å². The summed E-state index contributed by atoms with van der Waals surface area (Å²) in [5.74, 6) is 0. The van der Waals surface area contributed by atoms with Gasteiger partial charge in [0.05, 0.1) is 11.7 Å². The maximum absolute atomic E-state index is 12.5. The minimum absolute atomic E-state index is 0.0250. The van der Waals surface area contributed by atoms with E-state index in [4.69, 9.17) is 10.00 Å². The highest BCUT2D eigenvalue weighted by atomic mass is 16.6. The summed E-state index contributed by atoms with van der Waals surface area (Å²) in [6.07, 6.45) is 2.88. The van der Waals surface area contributed by atoms with Crippen LogP contribution in [0.4, 0.5) is 4.79 Å². The summed E-state index contributed by atoms with van der Waals surface area (Å²) in [5, 5.41) is 17.8. The maximum atomic E-state index is 12.5. The molecule has 10 nitrogen and oxygen atoms in total. The number of hydrogen-bond acceptors (Lipinski definition) is 6. The number of piperidine rings is 1. The zero-order valence-electron chi connectivity index (χ0n) is 18.0. The molecule has 0 bridgehead atoms. The molecule has 1 saturated heterocycles. The standard InChI is InChI=1S/C21H25N7O3/c1-13-19(14-8-17-23-11-16(10-22)27(17)18(29)9-14)24-25-28(13)15-6-5-7-26(12-15)20(30)31-21(2,3)4/h8-9,11,15,23H,5-7,12H2,1-4H3. The minimum Gasteiger partial charge on any atom is -0.444 e. The molecule has 0 saturated carbocycles. The number of rotatable bonds is 2. The average Bonchev–Trinajstić information content (AvgIpc) is 3.30. The monoisotopic (exact) mass is 423 g/mol. The van der Waals surface area contributed by atoms with Gasteiger partial charge in [-0.2, -0.15) is 5.26 Å². The molecule has 0 radical (unpaired) electrons. The second-order valence-corrected chi connectivity index (χ2v) is 8.78. The van der Waals surface area contributed by atoms with Crippen LogP contribution in [-0.4, -0.2) is 54.1 Å². The average molecular weight is 423 g/mol. The van der Waals surface area contributed by atoms with E-state index in [2.05, 4.69) is 15.3 Å². The molecule has 1 aliphatic heterocycles. The Hall–Kier alpha value is -3.61.